The summed E-state index contributed by atoms with van der Waals surface area (Å²) in [5, 5.41) is 2.99. The van der Waals surface area contributed by atoms with Crippen molar-refractivity contribution in [2.24, 2.45) is 5.92 Å². The molecule has 0 aliphatic carbocycles. The van der Waals surface area contributed by atoms with E-state index in [4.69, 9.17) is 0 Å². The Morgan fingerprint density at radius 3 is 2.41 bits per heavy atom. The summed E-state index contributed by atoms with van der Waals surface area (Å²) < 4.78 is 0. The Morgan fingerprint density at radius 1 is 1.11 bits per heavy atom. The molecule has 3 rings (SSSR count). The van der Waals surface area contributed by atoms with Crippen LogP contribution in [0.1, 0.15) is 48.4 Å². The van der Waals surface area contributed by atoms with Crippen LogP contribution in [-0.4, -0.2) is 18.4 Å². The first kappa shape index (κ1) is 19.2. The third kappa shape index (κ3) is 4.05. The Bertz CT molecular complexity index is 866. The summed E-state index contributed by atoms with van der Waals surface area (Å²) in [4.78, 5) is 27.3. The van der Waals surface area contributed by atoms with E-state index in [9.17, 15) is 9.59 Å². The maximum Gasteiger partial charge on any atom is 0.229 e. The number of hydrogen-bond donors (Lipinski definition) is 1. The Balaban J connectivity index is 1.81. The van der Waals surface area contributed by atoms with Gasteiger partial charge in [-0.05, 0) is 61.1 Å². The topological polar surface area (TPSA) is 49.4 Å². The van der Waals surface area contributed by atoms with Crippen molar-refractivity contribution in [1.29, 1.82) is 0 Å². The van der Waals surface area contributed by atoms with Gasteiger partial charge in [0.05, 0.1) is 5.92 Å². The molecule has 0 saturated carbocycles. The van der Waals surface area contributed by atoms with Crippen LogP contribution >= 0.6 is 0 Å². The van der Waals surface area contributed by atoms with Crippen molar-refractivity contribution < 1.29 is 9.59 Å². The number of nitrogens with one attached hydrogen (secondary N) is 1. The lowest BCUT2D eigenvalue weighted by Gasteiger charge is -2.24. The molecule has 1 aliphatic heterocycles. The third-order valence-corrected chi connectivity index (χ3v) is 5.15. The van der Waals surface area contributed by atoms with E-state index in [1.54, 1.807) is 4.90 Å². The lowest BCUT2D eigenvalue weighted by atomic mass is 9.97. The molecule has 1 saturated heterocycles. The predicted octanol–water partition coefficient (Wildman–Crippen LogP) is 4.73. The maximum atomic E-state index is 12.8. The molecule has 27 heavy (non-hydrogen) atoms. The van der Waals surface area contributed by atoms with Gasteiger partial charge in [0.25, 0.3) is 0 Å². The summed E-state index contributed by atoms with van der Waals surface area (Å²) in [5.74, 6) is -0.0870. The maximum absolute atomic E-state index is 12.8. The standard InChI is InChI=1S/C23H28N2O2/c1-14(2)20-8-6-7-17(5)22(20)25-13-18(12-21(25)26)23(27)24-19-10-15(3)9-16(4)11-19/h6-11,14,18H,12-13H2,1-5H3,(H,24,27). The van der Waals surface area contributed by atoms with Gasteiger partial charge in [-0.3, -0.25) is 9.59 Å². The van der Waals surface area contributed by atoms with Gasteiger partial charge in [0.2, 0.25) is 11.8 Å². The molecule has 0 bridgehead atoms. The van der Waals surface area contributed by atoms with Crippen molar-refractivity contribution >= 4 is 23.2 Å². The zero-order valence-corrected chi connectivity index (χ0v) is 16.8. The van der Waals surface area contributed by atoms with Crippen LogP contribution < -0.4 is 10.2 Å². The molecule has 0 radical (unpaired) electrons. The molecule has 1 aliphatic rings. The molecule has 4 heteroatoms. The van der Waals surface area contributed by atoms with Gasteiger partial charge in [-0.1, -0.05) is 38.1 Å². The number of amides is 2. The average molecular weight is 364 g/mol. The van der Waals surface area contributed by atoms with Gasteiger partial charge in [-0.25, -0.2) is 0 Å². The average Bonchev–Trinajstić information content (AvgIpc) is 2.95. The Labute approximate surface area is 161 Å². The summed E-state index contributed by atoms with van der Waals surface area (Å²) in [6.07, 6.45) is 0.252. The van der Waals surface area contributed by atoms with Crippen molar-refractivity contribution in [3.8, 4) is 0 Å². The number of nitrogens with zero attached hydrogens (tertiary/aromatic N) is 1. The fraction of sp³-hybridized carbons (Fsp3) is 0.391. The highest BCUT2D eigenvalue weighted by molar-refractivity contribution is 6.04. The largest absolute Gasteiger partial charge is 0.326 e. The van der Waals surface area contributed by atoms with Crippen LogP contribution in [0.2, 0.25) is 0 Å². The number of anilines is 2. The molecular weight excluding hydrogens is 336 g/mol. The monoisotopic (exact) mass is 364 g/mol. The summed E-state index contributed by atoms with van der Waals surface area (Å²) in [6, 6.07) is 12.1. The van der Waals surface area contributed by atoms with Crippen molar-refractivity contribution in [2.45, 2.75) is 47.0 Å². The van der Waals surface area contributed by atoms with E-state index in [-0.39, 0.29) is 24.2 Å². The molecule has 4 nitrogen and oxygen atoms in total. The first-order valence-electron chi connectivity index (χ1n) is 9.55. The second kappa shape index (κ2) is 7.55. The molecular formula is C23H28N2O2. The van der Waals surface area contributed by atoms with E-state index in [1.165, 1.54) is 0 Å². The highest BCUT2D eigenvalue weighted by Gasteiger charge is 2.36. The normalized spacial score (nSPS) is 16.9. The molecule has 2 aromatic carbocycles. The van der Waals surface area contributed by atoms with Crippen LogP contribution in [0.15, 0.2) is 36.4 Å². The molecule has 0 aromatic heterocycles. The number of benzene rings is 2. The lowest BCUT2D eigenvalue weighted by Crippen LogP contribution is -2.29. The molecule has 1 fully saturated rings. The van der Waals surface area contributed by atoms with Crippen LogP contribution in [0.25, 0.3) is 0 Å². The van der Waals surface area contributed by atoms with E-state index in [1.807, 2.05) is 45.0 Å². The number of rotatable bonds is 4. The van der Waals surface area contributed by atoms with Gasteiger partial charge in [0.15, 0.2) is 0 Å². The summed E-state index contributed by atoms with van der Waals surface area (Å²) in [5.41, 5.74) is 6.21. The minimum atomic E-state index is -0.335. The lowest BCUT2D eigenvalue weighted by molar-refractivity contribution is -0.122. The summed E-state index contributed by atoms with van der Waals surface area (Å²) in [6.45, 7) is 10.7. The minimum Gasteiger partial charge on any atom is -0.326 e. The van der Waals surface area contributed by atoms with E-state index in [0.717, 1.165) is 33.6 Å². The van der Waals surface area contributed by atoms with Crippen LogP contribution in [-0.2, 0) is 9.59 Å². The third-order valence-electron chi connectivity index (χ3n) is 5.15. The molecule has 1 unspecified atom stereocenters. The number of hydrogen-bond acceptors (Lipinski definition) is 2. The van der Waals surface area contributed by atoms with Crippen LogP contribution in [0.3, 0.4) is 0 Å². The molecule has 1 atom stereocenters. The van der Waals surface area contributed by atoms with Gasteiger partial charge in [-0.15, -0.1) is 0 Å². The van der Waals surface area contributed by atoms with E-state index >= 15 is 0 Å². The van der Waals surface area contributed by atoms with Crippen LogP contribution in [0.5, 0.6) is 0 Å². The van der Waals surface area contributed by atoms with Gasteiger partial charge in [0, 0.05) is 24.3 Å². The second-order valence-corrected chi connectivity index (χ2v) is 7.94. The summed E-state index contributed by atoms with van der Waals surface area (Å²) in [7, 11) is 0. The molecule has 1 N–H and O–H groups in total. The molecule has 2 aromatic rings. The van der Waals surface area contributed by atoms with E-state index in [2.05, 4.69) is 31.3 Å². The molecule has 0 spiro atoms. The first-order valence-corrected chi connectivity index (χ1v) is 9.55. The van der Waals surface area contributed by atoms with Crippen LogP contribution in [0, 0.1) is 26.7 Å². The number of aryl methyl sites for hydroxylation is 3. The molecule has 1 heterocycles. The predicted molar refractivity (Wildman–Crippen MR) is 110 cm³/mol. The zero-order valence-electron chi connectivity index (χ0n) is 16.8. The number of para-hydroxylation sites is 1. The smallest absolute Gasteiger partial charge is 0.229 e. The quantitative estimate of drug-likeness (QED) is 0.853. The second-order valence-electron chi connectivity index (χ2n) is 7.94. The van der Waals surface area contributed by atoms with E-state index < -0.39 is 0 Å². The minimum absolute atomic E-state index is 0.0202. The van der Waals surface area contributed by atoms with Gasteiger partial charge in [0.1, 0.15) is 0 Å². The van der Waals surface area contributed by atoms with Gasteiger partial charge >= 0.3 is 0 Å². The van der Waals surface area contributed by atoms with Crippen molar-refractivity contribution in [1.82, 2.24) is 0 Å². The first-order chi connectivity index (χ1) is 12.8. The Kier molecular flexibility index (Phi) is 5.36. The molecule has 142 valence electrons. The van der Waals surface area contributed by atoms with Crippen molar-refractivity contribution in [2.75, 3.05) is 16.8 Å². The number of carbonyl (C=O) groups is 2. The van der Waals surface area contributed by atoms with Gasteiger partial charge in [-0.2, -0.15) is 0 Å². The van der Waals surface area contributed by atoms with Gasteiger partial charge < -0.3 is 10.2 Å². The Morgan fingerprint density at radius 2 is 1.78 bits per heavy atom. The molecule has 2 amide bonds. The zero-order chi connectivity index (χ0) is 19.7. The highest BCUT2D eigenvalue weighted by atomic mass is 16.2. The van der Waals surface area contributed by atoms with Crippen LogP contribution in [0.4, 0.5) is 11.4 Å². The van der Waals surface area contributed by atoms with Crippen molar-refractivity contribution in [3.63, 3.8) is 0 Å². The SMILES string of the molecule is Cc1cc(C)cc(NC(=O)C2CC(=O)N(c3c(C)cccc3C(C)C)C2)c1. The van der Waals surface area contributed by atoms with E-state index in [0.29, 0.717) is 12.5 Å². The van der Waals surface area contributed by atoms with Crippen molar-refractivity contribution in [3.05, 3.63) is 58.7 Å². The fourth-order valence-electron chi connectivity index (χ4n) is 3.91. The summed E-state index contributed by atoms with van der Waals surface area (Å²) >= 11 is 0. The Hall–Kier alpha value is -2.62. The fourth-order valence-corrected chi connectivity index (χ4v) is 3.91. The highest BCUT2D eigenvalue weighted by Crippen LogP contribution is 2.35. The number of carbonyl (C=O) groups excluding carboxylic acids is 2.